The van der Waals surface area contributed by atoms with Crippen LogP contribution >= 0.6 is 0 Å². The van der Waals surface area contributed by atoms with Gasteiger partial charge in [-0.2, -0.15) is 0 Å². The number of hydrogen-bond donors (Lipinski definition) is 4. The third kappa shape index (κ3) is 7.23. The van der Waals surface area contributed by atoms with Gasteiger partial charge in [0.15, 0.2) is 0 Å². The van der Waals surface area contributed by atoms with Crippen molar-refractivity contribution in [2.24, 2.45) is 0 Å². The van der Waals surface area contributed by atoms with E-state index in [1.165, 1.54) is 14.0 Å². The number of hydrogen-bond acceptors (Lipinski definition) is 4. The maximum absolute atomic E-state index is 11.5. The van der Waals surface area contributed by atoms with Gasteiger partial charge in [0.1, 0.15) is 12.1 Å². The summed E-state index contributed by atoms with van der Waals surface area (Å²) in [5.74, 6) is 0.506. The number of carbonyl (C=O) groups excluding carboxylic acids is 2. The Labute approximate surface area is 117 Å². The Bertz CT molecular complexity index is 391. The molecule has 112 valence electrons. The van der Waals surface area contributed by atoms with Gasteiger partial charge in [0.25, 0.3) is 0 Å². The number of carbonyl (C=O) groups is 3. The van der Waals surface area contributed by atoms with Crippen LogP contribution < -0.4 is 16.0 Å². The molecule has 0 aliphatic heterocycles. The van der Waals surface area contributed by atoms with Crippen molar-refractivity contribution < 1.29 is 24.2 Å². The predicted octanol–water partition coefficient (Wildman–Crippen LogP) is -1.09. The molecule has 8 nitrogen and oxygen atoms in total. The molecule has 0 aromatic heterocycles. The van der Waals surface area contributed by atoms with Crippen molar-refractivity contribution in [1.29, 1.82) is 0 Å². The van der Waals surface area contributed by atoms with E-state index in [2.05, 4.69) is 21.9 Å². The minimum absolute atomic E-state index is 0.142. The molecule has 0 radical (unpaired) electrons. The quantitative estimate of drug-likeness (QED) is 0.334. The summed E-state index contributed by atoms with van der Waals surface area (Å²) < 4.78 is 4.76. The monoisotopic (exact) mass is 285 g/mol. The smallest absolute Gasteiger partial charge is 0.327 e. The van der Waals surface area contributed by atoms with Gasteiger partial charge in [0.05, 0.1) is 6.61 Å². The summed E-state index contributed by atoms with van der Waals surface area (Å²) in [6, 6.07) is -2.78. The van der Waals surface area contributed by atoms with Gasteiger partial charge >= 0.3 is 12.0 Å². The van der Waals surface area contributed by atoms with Gasteiger partial charge in [-0.05, 0) is 6.92 Å². The minimum Gasteiger partial charge on any atom is -0.480 e. The van der Waals surface area contributed by atoms with Crippen LogP contribution in [0.25, 0.3) is 0 Å². The third-order valence-electron chi connectivity index (χ3n) is 2.27. The van der Waals surface area contributed by atoms with Crippen LogP contribution in [0.2, 0.25) is 0 Å². The standard InChI is InChI=1S/C12H19N3O5/c1-4-5-9(11(17)18)15-12(19)14-8(2)10(16)13-6-7-20-3/h1,8-9H,5-7H2,2-3H3,(H,13,16)(H,17,18)(H2,14,15,19). The number of carboxylic acid groups (broad SMARTS) is 1. The molecule has 0 aliphatic rings. The van der Waals surface area contributed by atoms with Crippen molar-refractivity contribution in [3.63, 3.8) is 0 Å². The number of aliphatic carboxylic acids is 1. The first-order chi connectivity index (χ1) is 9.42. The van der Waals surface area contributed by atoms with E-state index in [4.69, 9.17) is 16.3 Å². The molecule has 0 saturated carbocycles. The van der Waals surface area contributed by atoms with Crippen molar-refractivity contribution in [3.05, 3.63) is 0 Å². The summed E-state index contributed by atoms with van der Waals surface area (Å²) in [6.45, 7) is 2.14. The van der Waals surface area contributed by atoms with Crippen molar-refractivity contribution in [1.82, 2.24) is 16.0 Å². The Morgan fingerprint density at radius 1 is 1.35 bits per heavy atom. The van der Waals surface area contributed by atoms with E-state index < -0.39 is 30.0 Å². The second-order valence-electron chi connectivity index (χ2n) is 3.92. The molecule has 0 spiro atoms. The van der Waals surface area contributed by atoms with E-state index in [-0.39, 0.29) is 6.42 Å². The lowest BCUT2D eigenvalue weighted by atomic mass is 10.2. The van der Waals surface area contributed by atoms with Crippen LogP contribution in [0, 0.1) is 12.3 Å². The SMILES string of the molecule is C#CCC(NC(=O)NC(C)C(=O)NCCOC)C(=O)O. The molecule has 8 heteroatoms. The molecule has 0 saturated heterocycles. The van der Waals surface area contributed by atoms with E-state index in [1.807, 2.05) is 0 Å². The molecular weight excluding hydrogens is 266 g/mol. The van der Waals surface area contributed by atoms with Crippen molar-refractivity contribution in [2.45, 2.75) is 25.4 Å². The van der Waals surface area contributed by atoms with Crippen LogP contribution in [-0.4, -0.2) is 55.4 Å². The maximum atomic E-state index is 11.5. The van der Waals surface area contributed by atoms with Crippen LogP contribution in [0.4, 0.5) is 4.79 Å². The highest BCUT2D eigenvalue weighted by atomic mass is 16.5. The molecule has 2 atom stereocenters. The third-order valence-corrected chi connectivity index (χ3v) is 2.27. The van der Waals surface area contributed by atoms with Gasteiger partial charge in [-0.25, -0.2) is 9.59 Å². The zero-order valence-corrected chi connectivity index (χ0v) is 11.4. The summed E-state index contributed by atoms with van der Waals surface area (Å²) >= 11 is 0. The fraction of sp³-hybridized carbons (Fsp3) is 0.583. The molecule has 2 unspecified atom stereocenters. The first-order valence-electron chi connectivity index (χ1n) is 5.92. The highest BCUT2D eigenvalue weighted by molar-refractivity contribution is 5.88. The van der Waals surface area contributed by atoms with Crippen LogP contribution in [0.5, 0.6) is 0 Å². The lowest BCUT2D eigenvalue weighted by Gasteiger charge is -2.17. The van der Waals surface area contributed by atoms with Gasteiger partial charge in [-0.1, -0.05) is 0 Å². The summed E-state index contributed by atoms with van der Waals surface area (Å²) in [7, 11) is 1.50. The van der Waals surface area contributed by atoms with Crippen molar-refractivity contribution >= 4 is 17.9 Å². The molecule has 0 rings (SSSR count). The lowest BCUT2D eigenvalue weighted by molar-refractivity contribution is -0.139. The Morgan fingerprint density at radius 3 is 2.50 bits per heavy atom. The summed E-state index contributed by atoms with van der Waals surface area (Å²) in [5.41, 5.74) is 0. The molecular formula is C12H19N3O5. The first-order valence-corrected chi connectivity index (χ1v) is 5.92. The normalized spacial score (nSPS) is 12.7. The maximum Gasteiger partial charge on any atom is 0.327 e. The fourth-order valence-corrected chi connectivity index (χ4v) is 1.21. The van der Waals surface area contributed by atoms with Crippen LogP contribution in [0.3, 0.4) is 0 Å². The zero-order chi connectivity index (χ0) is 15.5. The van der Waals surface area contributed by atoms with Crippen LogP contribution in [-0.2, 0) is 14.3 Å². The number of methoxy groups -OCH3 is 1. The Hall–Kier alpha value is -2.27. The van der Waals surface area contributed by atoms with Gasteiger partial charge < -0.3 is 25.8 Å². The second-order valence-corrected chi connectivity index (χ2v) is 3.92. The van der Waals surface area contributed by atoms with E-state index in [0.717, 1.165) is 0 Å². The molecule has 0 heterocycles. The van der Waals surface area contributed by atoms with E-state index in [9.17, 15) is 14.4 Å². The van der Waals surface area contributed by atoms with Crippen molar-refractivity contribution in [3.8, 4) is 12.3 Å². The van der Waals surface area contributed by atoms with Gasteiger partial charge in [-0.15, -0.1) is 12.3 Å². The number of rotatable bonds is 8. The predicted molar refractivity (Wildman–Crippen MR) is 70.9 cm³/mol. The highest BCUT2D eigenvalue weighted by Crippen LogP contribution is 1.91. The molecule has 0 aromatic rings. The molecule has 0 aromatic carbocycles. The molecule has 3 amide bonds. The average molecular weight is 285 g/mol. The summed E-state index contributed by atoms with van der Waals surface area (Å²) in [6.07, 6.45) is 4.86. The van der Waals surface area contributed by atoms with Crippen molar-refractivity contribution in [2.75, 3.05) is 20.3 Å². The van der Waals surface area contributed by atoms with E-state index in [0.29, 0.717) is 13.2 Å². The van der Waals surface area contributed by atoms with E-state index in [1.54, 1.807) is 0 Å². The van der Waals surface area contributed by atoms with Gasteiger partial charge in [-0.3, -0.25) is 4.79 Å². The lowest BCUT2D eigenvalue weighted by Crippen LogP contribution is -2.52. The van der Waals surface area contributed by atoms with Crippen LogP contribution in [0.15, 0.2) is 0 Å². The number of terminal acetylenes is 1. The minimum atomic E-state index is -1.24. The highest BCUT2D eigenvalue weighted by Gasteiger charge is 2.21. The fourth-order valence-electron chi connectivity index (χ4n) is 1.21. The molecule has 0 bridgehead atoms. The Balaban J connectivity index is 4.21. The Morgan fingerprint density at radius 2 is 2.00 bits per heavy atom. The Kier molecular flexibility index (Phi) is 8.54. The van der Waals surface area contributed by atoms with E-state index >= 15 is 0 Å². The number of ether oxygens (including phenoxy) is 1. The number of nitrogens with one attached hydrogen (secondary N) is 3. The number of amides is 3. The van der Waals surface area contributed by atoms with Gasteiger partial charge in [0, 0.05) is 20.1 Å². The zero-order valence-electron chi connectivity index (χ0n) is 11.4. The van der Waals surface area contributed by atoms with Crippen LogP contribution in [0.1, 0.15) is 13.3 Å². The first kappa shape index (κ1) is 17.7. The molecule has 20 heavy (non-hydrogen) atoms. The largest absolute Gasteiger partial charge is 0.480 e. The molecule has 4 N–H and O–H groups in total. The summed E-state index contributed by atoms with van der Waals surface area (Å²) in [5, 5.41) is 15.8. The molecule has 0 aliphatic carbocycles. The number of carboxylic acids is 1. The topological polar surface area (TPSA) is 117 Å². The second kappa shape index (κ2) is 9.63. The summed E-state index contributed by atoms with van der Waals surface area (Å²) in [4.78, 5) is 33.8. The average Bonchev–Trinajstić information content (AvgIpc) is 2.38. The number of urea groups is 1. The molecule has 0 fully saturated rings. The van der Waals surface area contributed by atoms with Gasteiger partial charge in [0.2, 0.25) is 5.91 Å².